The summed E-state index contributed by atoms with van der Waals surface area (Å²) >= 11 is 0. The van der Waals surface area contributed by atoms with Crippen LogP contribution in [0.25, 0.3) is 0 Å². The highest BCUT2D eigenvalue weighted by atomic mass is 16.5. The van der Waals surface area contributed by atoms with Crippen LogP contribution < -0.4 is 5.32 Å². The van der Waals surface area contributed by atoms with E-state index in [2.05, 4.69) is 5.32 Å². The summed E-state index contributed by atoms with van der Waals surface area (Å²) < 4.78 is 4.93. The molecule has 1 rings (SSSR count). The van der Waals surface area contributed by atoms with Gasteiger partial charge < -0.3 is 10.1 Å². The van der Waals surface area contributed by atoms with Crippen molar-refractivity contribution in [2.75, 3.05) is 11.9 Å². The van der Waals surface area contributed by atoms with Crippen molar-refractivity contribution < 1.29 is 9.53 Å². The number of rotatable bonds is 5. The van der Waals surface area contributed by atoms with Gasteiger partial charge in [0.05, 0.1) is 12.5 Å². The van der Waals surface area contributed by atoms with Crippen LogP contribution in [0.5, 0.6) is 0 Å². The summed E-state index contributed by atoms with van der Waals surface area (Å²) in [7, 11) is 0. The second kappa shape index (κ2) is 6.54. The zero-order valence-electron chi connectivity index (χ0n) is 10.1. The predicted molar refractivity (Wildman–Crippen MR) is 65.5 cm³/mol. The zero-order valence-corrected chi connectivity index (χ0v) is 10.1. The Morgan fingerprint density at radius 2 is 2.24 bits per heavy atom. The van der Waals surface area contributed by atoms with Crippen molar-refractivity contribution in [3.05, 3.63) is 29.8 Å². The van der Waals surface area contributed by atoms with Gasteiger partial charge in [-0.15, -0.1) is 0 Å². The largest absolute Gasteiger partial charge is 0.463 e. The topological polar surface area (TPSA) is 62.1 Å². The third-order valence-corrected chi connectivity index (χ3v) is 2.33. The number of hydrogen-bond donors (Lipinski definition) is 1. The van der Waals surface area contributed by atoms with Gasteiger partial charge in [-0.1, -0.05) is 18.2 Å². The first-order valence-electron chi connectivity index (χ1n) is 5.51. The normalized spacial score (nSPS) is 11.4. The third kappa shape index (κ3) is 4.15. The molecule has 0 aliphatic carbocycles. The molecule has 0 heterocycles. The average Bonchev–Trinajstić information content (AvgIpc) is 2.32. The smallest absolute Gasteiger partial charge is 0.328 e. The average molecular weight is 232 g/mol. The van der Waals surface area contributed by atoms with Crippen molar-refractivity contribution >= 4 is 11.7 Å². The highest BCUT2D eigenvalue weighted by molar-refractivity contribution is 5.79. The maximum Gasteiger partial charge on any atom is 0.328 e. The van der Waals surface area contributed by atoms with Crippen molar-refractivity contribution in [3.8, 4) is 6.07 Å². The van der Waals surface area contributed by atoms with E-state index in [4.69, 9.17) is 10.00 Å². The quantitative estimate of drug-likeness (QED) is 0.624. The van der Waals surface area contributed by atoms with E-state index in [0.717, 1.165) is 11.3 Å². The van der Waals surface area contributed by atoms with E-state index < -0.39 is 6.04 Å². The number of para-hydroxylation sites is 1. The fraction of sp³-hybridized carbons (Fsp3) is 0.385. The van der Waals surface area contributed by atoms with E-state index in [1.54, 1.807) is 6.92 Å². The van der Waals surface area contributed by atoms with Crippen molar-refractivity contribution in [2.45, 2.75) is 26.3 Å². The molecule has 0 aliphatic rings. The van der Waals surface area contributed by atoms with Crippen molar-refractivity contribution in [2.24, 2.45) is 0 Å². The van der Waals surface area contributed by atoms with E-state index in [-0.39, 0.29) is 19.0 Å². The van der Waals surface area contributed by atoms with Gasteiger partial charge in [0.15, 0.2) is 0 Å². The van der Waals surface area contributed by atoms with Gasteiger partial charge in [0.2, 0.25) is 0 Å². The number of carbonyl (C=O) groups excluding carboxylic acids is 1. The molecule has 1 aromatic carbocycles. The predicted octanol–water partition coefficient (Wildman–Crippen LogP) is 2.25. The Balaban J connectivity index is 2.49. The number of esters is 1. The molecule has 0 amide bonds. The summed E-state index contributed by atoms with van der Waals surface area (Å²) in [6.07, 6.45) is 0.225. The van der Waals surface area contributed by atoms with Gasteiger partial charge >= 0.3 is 5.97 Å². The maximum atomic E-state index is 11.5. The third-order valence-electron chi connectivity index (χ3n) is 2.33. The Hall–Kier alpha value is -2.02. The Morgan fingerprint density at radius 1 is 1.53 bits per heavy atom. The van der Waals surface area contributed by atoms with Gasteiger partial charge in [0.25, 0.3) is 0 Å². The summed E-state index contributed by atoms with van der Waals surface area (Å²) in [5.74, 6) is -0.344. The lowest BCUT2D eigenvalue weighted by Crippen LogP contribution is -2.28. The monoisotopic (exact) mass is 232 g/mol. The number of nitrogens with one attached hydrogen (secondary N) is 1. The molecule has 17 heavy (non-hydrogen) atoms. The summed E-state index contributed by atoms with van der Waals surface area (Å²) in [6, 6.07) is 9.23. The van der Waals surface area contributed by atoms with Gasteiger partial charge in [-0.05, 0) is 25.5 Å². The number of aryl methyl sites for hydroxylation is 1. The lowest BCUT2D eigenvalue weighted by Gasteiger charge is -2.15. The number of anilines is 1. The van der Waals surface area contributed by atoms with Gasteiger partial charge in [0, 0.05) is 5.69 Å². The highest BCUT2D eigenvalue weighted by Crippen LogP contribution is 2.14. The minimum atomic E-state index is -0.421. The first kappa shape index (κ1) is 13.0. The summed E-state index contributed by atoms with van der Waals surface area (Å²) in [4.78, 5) is 11.5. The number of nitrogens with zero attached hydrogens (tertiary/aromatic N) is 1. The molecule has 0 aromatic heterocycles. The minimum Gasteiger partial charge on any atom is -0.463 e. The van der Waals surface area contributed by atoms with Crippen LogP contribution >= 0.6 is 0 Å². The number of benzene rings is 1. The molecule has 4 heteroatoms. The Labute approximate surface area is 101 Å². The number of nitriles is 1. The number of ether oxygens (including phenoxy) is 1. The van der Waals surface area contributed by atoms with Crippen LogP contribution in [0, 0.1) is 18.3 Å². The fourth-order valence-corrected chi connectivity index (χ4v) is 1.35. The SMILES string of the molecule is Cc1ccccc1N[C@@H](C)C(=O)OCCC#N. The van der Waals surface area contributed by atoms with Gasteiger partial charge in [0.1, 0.15) is 12.6 Å². The summed E-state index contributed by atoms with van der Waals surface area (Å²) in [5, 5.41) is 11.4. The van der Waals surface area contributed by atoms with Crippen LogP contribution in [0.4, 0.5) is 5.69 Å². The van der Waals surface area contributed by atoms with Crippen molar-refractivity contribution in [3.63, 3.8) is 0 Å². The van der Waals surface area contributed by atoms with Crippen LogP contribution in [0.15, 0.2) is 24.3 Å². The Kier molecular flexibility index (Phi) is 5.02. The second-order valence-electron chi connectivity index (χ2n) is 3.76. The van der Waals surface area contributed by atoms with E-state index >= 15 is 0 Å². The Bertz CT molecular complexity index is 424. The fourth-order valence-electron chi connectivity index (χ4n) is 1.35. The van der Waals surface area contributed by atoms with E-state index in [1.165, 1.54) is 0 Å². The Morgan fingerprint density at radius 3 is 2.88 bits per heavy atom. The molecule has 1 atom stereocenters. The molecular formula is C13H16N2O2. The first-order valence-corrected chi connectivity index (χ1v) is 5.51. The second-order valence-corrected chi connectivity index (χ2v) is 3.76. The molecule has 0 fully saturated rings. The van der Waals surface area contributed by atoms with Gasteiger partial charge in [-0.2, -0.15) is 5.26 Å². The molecule has 1 N–H and O–H groups in total. The number of carbonyl (C=O) groups is 1. The van der Waals surface area contributed by atoms with Gasteiger partial charge in [-0.3, -0.25) is 0 Å². The molecule has 0 saturated carbocycles. The lowest BCUT2D eigenvalue weighted by molar-refractivity contribution is -0.143. The van der Waals surface area contributed by atoms with Crippen molar-refractivity contribution in [1.29, 1.82) is 5.26 Å². The molecule has 4 nitrogen and oxygen atoms in total. The molecule has 0 saturated heterocycles. The molecular weight excluding hydrogens is 216 g/mol. The van der Waals surface area contributed by atoms with Crippen LogP contribution in [0.3, 0.4) is 0 Å². The van der Waals surface area contributed by atoms with Crippen LogP contribution in [0.2, 0.25) is 0 Å². The molecule has 0 radical (unpaired) electrons. The van der Waals surface area contributed by atoms with Crippen LogP contribution in [-0.2, 0) is 9.53 Å². The summed E-state index contributed by atoms with van der Waals surface area (Å²) in [6.45, 7) is 3.85. The molecule has 0 spiro atoms. The molecule has 1 aromatic rings. The molecule has 0 aliphatic heterocycles. The lowest BCUT2D eigenvalue weighted by atomic mass is 10.2. The standard InChI is InChI=1S/C13H16N2O2/c1-10-6-3-4-7-12(10)15-11(2)13(16)17-9-5-8-14/h3-4,6-7,11,15H,5,9H2,1-2H3/t11-/m0/s1. The molecule has 0 bridgehead atoms. The van der Waals surface area contributed by atoms with E-state index in [9.17, 15) is 4.79 Å². The zero-order chi connectivity index (χ0) is 12.7. The van der Waals surface area contributed by atoms with E-state index in [0.29, 0.717) is 0 Å². The number of hydrogen-bond acceptors (Lipinski definition) is 4. The first-order chi connectivity index (χ1) is 8.15. The van der Waals surface area contributed by atoms with E-state index in [1.807, 2.05) is 37.3 Å². The maximum absolute atomic E-state index is 11.5. The van der Waals surface area contributed by atoms with Crippen molar-refractivity contribution in [1.82, 2.24) is 0 Å². The van der Waals surface area contributed by atoms with Crippen LogP contribution in [0.1, 0.15) is 18.9 Å². The molecule has 90 valence electrons. The van der Waals surface area contributed by atoms with Gasteiger partial charge in [-0.25, -0.2) is 4.79 Å². The summed E-state index contributed by atoms with van der Waals surface area (Å²) in [5.41, 5.74) is 1.99. The highest BCUT2D eigenvalue weighted by Gasteiger charge is 2.14. The molecule has 0 unspecified atom stereocenters. The van der Waals surface area contributed by atoms with Crippen LogP contribution in [-0.4, -0.2) is 18.6 Å². The minimum absolute atomic E-state index is 0.148.